The van der Waals surface area contributed by atoms with Crippen molar-refractivity contribution in [3.05, 3.63) is 47.0 Å². The molecule has 0 aliphatic heterocycles. The van der Waals surface area contributed by atoms with Gasteiger partial charge in [0.25, 0.3) is 5.56 Å². The molecule has 1 saturated carbocycles. The van der Waals surface area contributed by atoms with Crippen LogP contribution in [-0.4, -0.2) is 26.7 Å². The van der Waals surface area contributed by atoms with E-state index in [4.69, 9.17) is 0 Å². The van der Waals surface area contributed by atoms with Crippen LogP contribution in [0.3, 0.4) is 0 Å². The minimum absolute atomic E-state index is 0.0772. The largest absolute Gasteiger partial charge is 0.353 e. The van der Waals surface area contributed by atoms with Gasteiger partial charge in [0, 0.05) is 43.0 Å². The lowest BCUT2D eigenvalue weighted by Gasteiger charge is -2.16. The standard InChI is InChI=1S/C20H26N4O2/c25-19(22-17-8-3-1-2-4-9-17)10-6-14-24-20(26)12-11-18(23-24)16-7-5-13-21-15-16/h5,7,11-13,15,17H,1-4,6,8-10,14H2,(H,22,25). The molecule has 1 aliphatic carbocycles. The van der Waals surface area contributed by atoms with Crippen molar-refractivity contribution in [1.29, 1.82) is 0 Å². The maximum Gasteiger partial charge on any atom is 0.266 e. The first-order valence-corrected chi connectivity index (χ1v) is 9.50. The summed E-state index contributed by atoms with van der Waals surface area (Å²) in [7, 11) is 0. The number of carbonyl (C=O) groups excluding carboxylic acids is 1. The molecule has 2 heterocycles. The summed E-state index contributed by atoms with van der Waals surface area (Å²) in [6.07, 6.45) is 11.5. The van der Waals surface area contributed by atoms with Gasteiger partial charge in [-0.15, -0.1) is 0 Å². The van der Waals surface area contributed by atoms with E-state index in [-0.39, 0.29) is 11.5 Å². The molecule has 0 bridgehead atoms. The summed E-state index contributed by atoms with van der Waals surface area (Å²) in [6, 6.07) is 7.28. The molecule has 2 aromatic rings. The van der Waals surface area contributed by atoms with Crippen molar-refractivity contribution < 1.29 is 4.79 Å². The van der Waals surface area contributed by atoms with E-state index < -0.39 is 0 Å². The van der Waals surface area contributed by atoms with Gasteiger partial charge in [-0.1, -0.05) is 25.7 Å². The monoisotopic (exact) mass is 354 g/mol. The Morgan fingerprint density at radius 3 is 2.69 bits per heavy atom. The predicted octanol–water partition coefficient (Wildman–Crippen LogP) is 2.92. The van der Waals surface area contributed by atoms with Crippen molar-refractivity contribution in [2.24, 2.45) is 0 Å². The highest BCUT2D eigenvalue weighted by atomic mass is 16.1. The average Bonchev–Trinajstić information content (AvgIpc) is 2.92. The van der Waals surface area contributed by atoms with E-state index in [1.165, 1.54) is 36.4 Å². The van der Waals surface area contributed by atoms with Gasteiger partial charge in [0.15, 0.2) is 0 Å². The molecular formula is C20H26N4O2. The first-order valence-electron chi connectivity index (χ1n) is 9.50. The fourth-order valence-electron chi connectivity index (χ4n) is 3.39. The molecule has 0 aromatic carbocycles. The van der Waals surface area contributed by atoms with Gasteiger partial charge in [-0.05, 0) is 37.5 Å². The van der Waals surface area contributed by atoms with Gasteiger partial charge >= 0.3 is 0 Å². The Hall–Kier alpha value is -2.50. The number of hydrogen-bond donors (Lipinski definition) is 1. The second-order valence-corrected chi connectivity index (χ2v) is 6.88. The van der Waals surface area contributed by atoms with Crippen LogP contribution in [0.5, 0.6) is 0 Å². The highest BCUT2D eigenvalue weighted by molar-refractivity contribution is 5.76. The highest BCUT2D eigenvalue weighted by Gasteiger charge is 2.14. The van der Waals surface area contributed by atoms with Crippen LogP contribution in [0, 0.1) is 0 Å². The van der Waals surface area contributed by atoms with E-state index in [0.717, 1.165) is 18.4 Å². The summed E-state index contributed by atoms with van der Waals surface area (Å²) < 4.78 is 1.43. The molecule has 26 heavy (non-hydrogen) atoms. The smallest absolute Gasteiger partial charge is 0.266 e. The molecule has 0 unspecified atom stereocenters. The molecule has 0 saturated heterocycles. The number of nitrogens with one attached hydrogen (secondary N) is 1. The Balaban J connectivity index is 1.52. The van der Waals surface area contributed by atoms with Crippen molar-refractivity contribution in [2.75, 3.05) is 0 Å². The van der Waals surface area contributed by atoms with E-state index in [2.05, 4.69) is 15.4 Å². The fourth-order valence-corrected chi connectivity index (χ4v) is 3.39. The minimum atomic E-state index is -0.151. The number of rotatable bonds is 6. The van der Waals surface area contributed by atoms with E-state index in [1.54, 1.807) is 18.5 Å². The predicted molar refractivity (Wildman–Crippen MR) is 101 cm³/mol. The van der Waals surface area contributed by atoms with Crippen LogP contribution in [0.25, 0.3) is 11.3 Å². The molecule has 1 aliphatic rings. The van der Waals surface area contributed by atoms with Gasteiger partial charge in [0.1, 0.15) is 0 Å². The first-order chi connectivity index (χ1) is 12.7. The number of hydrogen-bond acceptors (Lipinski definition) is 4. The zero-order chi connectivity index (χ0) is 18.2. The van der Waals surface area contributed by atoms with Gasteiger partial charge in [-0.25, -0.2) is 4.68 Å². The molecule has 3 rings (SSSR count). The van der Waals surface area contributed by atoms with Crippen molar-refractivity contribution in [3.63, 3.8) is 0 Å². The Bertz CT molecular complexity index is 765. The zero-order valence-corrected chi connectivity index (χ0v) is 15.1. The topological polar surface area (TPSA) is 76.9 Å². The lowest BCUT2D eigenvalue weighted by Crippen LogP contribution is -2.34. The number of aryl methyl sites for hydroxylation is 1. The van der Waals surface area contributed by atoms with Crippen LogP contribution in [0.2, 0.25) is 0 Å². The molecule has 0 spiro atoms. The third kappa shape index (κ3) is 5.25. The Labute approximate surface area is 153 Å². The number of aromatic nitrogens is 3. The fraction of sp³-hybridized carbons (Fsp3) is 0.500. The summed E-state index contributed by atoms with van der Waals surface area (Å²) in [5, 5.41) is 7.54. The SMILES string of the molecule is O=C(CCCn1nc(-c2cccnc2)ccc1=O)NC1CCCCCC1. The zero-order valence-electron chi connectivity index (χ0n) is 15.1. The minimum Gasteiger partial charge on any atom is -0.353 e. The molecule has 6 heteroatoms. The molecule has 2 aromatic heterocycles. The number of pyridine rings is 1. The maximum absolute atomic E-state index is 12.2. The highest BCUT2D eigenvalue weighted by Crippen LogP contribution is 2.17. The molecule has 6 nitrogen and oxygen atoms in total. The van der Waals surface area contributed by atoms with Crippen LogP contribution < -0.4 is 10.9 Å². The molecule has 1 N–H and O–H groups in total. The maximum atomic E-state index is 12.2. The second kappa shape index (κ2) is 9.27. The normalized spacial score (nSPS) is 15.4. The Morgan fingerprint density at radius 2 is 1.96 bits per heavy atom. The summed E-state index contributed by atoms with van der Waals surface area (Å²) in [5.41, 5.74) is 1.43. The summed E-state index contributed by atoms with van der Waals surface area (Å²) >= 11 is 0. The third-order valence-corrected chi connectivity index (χ3v) is 4.82. The van der Waals surface area contributed by atoms with Gasteiger partial charge in [0.2, 0.25) is 5.91 Å². The van der Waals surface area contributed by atoms with E-state index in [0.29, 0.717) is 31.1 Å². The van der Waals surface area contributed by atoms with E-state index in [9.17, 15) is 9.59 Å². The lowest BCUT2D eigenvalue weighted by molar-refractivity contribution is -0.122. The van der Waals surface area contributed by atoms with Crippen molar-refractivity contribution >= 4 is 5.91 Å². The summed E-state index contributed by atoms with van der Waals surface area (Å²) in [6.45, 7) is 0.436. The van der Waals surface area contributed by atoms with Crippen molar-refractivity contribution in [3.8, 4) is 11.3 Å². The third-order valence-electron chi connectivity index (χ3n) is 4.82. The molecule has 1 amide bonds. The van der Waals surface area contributed by atoms with Crippen LogP contribution >= 0.6 is 0 Å². The lowest BCUT2D eigenvalue weighted by atomic mass is 10.1. The summed E-state index contributed by atoms with van der Waals surface area (Å²) in [4.78, 5) is 28.3. The quantitative estimate of drug-likeness (QED) is 0.809. The summed E-state index contributed by atoms with van der Waals surface area (Å²) in [5.74, 6) is 0.0772. The molecule has 0 atom stereocenters. The van der Waals surface area contributed by atoms with E-state index >= 15 is 0 Å². The van der Waals surface area contributed by atoms with Crippen LogP contribution in [-0.2, 0) is 11.3 Å². The number of carbonyl (C=O) groups is 1. The molecule has 138 valence electrons. The van der Waals surface area contributed by atoms with Crippen LogP contribution in [0.15, 0.2) is 41.5 Å². The number of nitrogens with zero attached hydrogens (tertiary/aromatic N) is 3. The van der Waals surface area contributed by atoms with Crippen molar-refractivity contribution in [1.82, 2.24) is 20.1 Å². The van der Waals surface area contributed by atoms with Crippen molar-refractivity contribution in [2.45, 2.75) is 64.0 Å². The van der Waals surface area contributed by atoms with E-state index in [1.807, 2.05) is 12.1 Å². The van der Waals surface area contributed by atoms with Gasteiger partial charge in [0.05, 0.1) is 5.69 Å². The number of amides is 1. The first kappa shape index (κ1) is 18.3. The van der Waals surface area contributed by atoms with Crippen LogP contribution in [0.1, 0.15) is 51.4 Å². The van der Waals surface area contributed by atoms with Gasteiger partial charge in [-0.3, -0.25) is 14.6 Å². The average molecular weight is 354 g/mol. The van der Waals surface area contributed by atoms with Crippen LogP contribution in [0.4, 0.5) is 0 Å². The van der Waals surface area contributed by atoms with Gasteiger partial charge in [-0.2, -0.15) is 5.10 Å². The molecule has 0 radical (unpaired) electrons. The van der Waals surface area contributed by atoms with Gasteiger partial charge < -0.3 is 5.32 Å². The Morgan fingerprint density at radius 1 is 1.15 bits per heavy atom. The molecule has 1 fully saturated rings. The Kier molecular flexibility index (Phi) is 6.52. The molecular weight excluding hydrogens is 328 g/mol. The second-order valence-electron chi connectivity index (χ2n) is 6.88.